The van der Waals surface area contributed by atoms with Crippen molar-refractivity contribution in [1.29, 1.82) is 0 Å². The van der Waals surface area contributed by atoms with Crippen molar-refractivity contribution < 1.29 is 64.0 Å². The van der Waals surface area contributed by atoms with Gasteiger partial charge in [0.1, 0.15) is 17.7 Å². The third-order valence-electron chi connectivity index (χ3n) is 13.0. The zero-order chi connectivity index (χ0) is 44.6. The van der Waals surface area contributed by atoms with Gasteiger partial charge in [0.15, 0.2) is 11.6 Å². The second-order valence-corrected chi connectivity index (χ2v) is 19.9. The number of rotatable bonds is 9. The molecule has 7 atom stereocenters. The summed E-state index contributed by atoms with van der Waals surface area (Å²) in [5.41, 5.74) is -3.39. The molecule has 0 unspecified atom stereocenters. The molecular formula is C42H51F4N5O10S. The maximum absolute atomic E-state index is 15.3. The highest BCUT2D eigenvalue weighted by Crippen LogP contribution is 2.48. The van der Waals surface area contributed by atoms with E-state index in [1.807, 2.05) is 6.08 Å². The monoisotopic (exact) mass is 893 g/mol. The lowest BCUT2D eigenvalue weighted by Crippen LogP contribution is -2.59. The number of halogens is 4. The quantitative estimate of drug-likeness (QED) is 0.220. The number of carbonyl (C=O) groups is 3. The van der Waals surface area contributed by atoms with Gasteiger partial charge in [-0.3, -0.25) is 14.3 Å². The van der Waals surface area contributed by atoms with Crippen molar-refractivity contribution in [3.8, 4) is 17.5 Å². The number of sulfonamides is 1. The predicted octanol–water partition coefficient (Wildman–Crippen LogP) is 5.25. The minimum atomic E-state index is -4.89. The number of aryl methyl sites for hydroxylation is 1. The van der Waals surface area contributed by atoms with E-state index < -0.39 is 92.1 Å². The van der Waals surface area contributed by atoms with Crippen molar-refractivity contribution in [2.75, 3.05) is 20.3 Å². The zero-order valence-electron chi connectivity index (χ0n) is 35.0. The Morgan fingerprint density at radius 3 is 2.61 bits per heavy atom. The molecule has 20 heteroatoms. The highest BCUT2D eigenvalue weighted by molar-refractivity contribution is 7.91. The number of alkyl carbamates (subject to hydrolysis) is 1. The number of nitrogens with one attached hydrogen (secondary N) is 3. The largest absolute Gasteiger partial charge is 0.494 e. The maximum Gasteiger partial charge on any atom is 0.427 e. The fourth-order valence-electron chi connectivity index (χ4n) is 8.70. The summed E-state index contributed by atoms with van der Waals surface area (Å²) in [7, 11) is -2.73. The minimum Gasteiger partial charge on any atom is -0.494 e. The molecule has 1 saturated heterocycles. The number of methoxy groups -OCH3 is 1. The molecule has 1 aromatic heterocycles. The van der Waals surface area contributed by atoms with Crippen LogP contribution in [0.15, 0.2) is 36.1 Å². The lowest BCUT2D eigenvalue weighted by molar-refractivity contribution is -0.244. The van der Waals surface area contributed by atoms with Gasteiger partial charge in [-0.05, 0) is 95.7 Å². The Kier molecular flexibility index (Phi) is 11.1. The molecule has 8 rings (SSSR count). The van der Waals surface area contributed by atoms with Gasteiger partial charge in [0.2, 0.25) is 33.3 Å². The lowest BCUT2D eigenvalue weighted by atomic mass is 9.96. The molecule has 2 bridgehead atoms. The van der Waals surface area contributed by atoms with Crippen LogP contribution in [0.3, 0.4) is 0 Å². The Bertz CT molecular complexity index is 2340. The summed E-state index contributed by atoms with van der Waals surface area (Å²) in [6, 6.07) is 0.525. The Morgan fingerprint density at radius 1 is 1.16 bits per heavy atom. The Morgan fingerprint density at radius 2 is 1.92 bits per heavy atom. The van der Waals surface area contributed by atoms with Crippen molar-refractivity contribution in [2.45, 2.75) is 138 Å². The first kappa shape index (κ1) is 43.8. The number of ether oxygens (including phenoxy) is 5. The summed E-state index contributed by atoms with van der Waals surface area (Å²) >= 11 is 0. The molecular weight excluding hydrogens is 843 g/mol. The van der Waals surface area contributed by atoms with E-state index in [9.17, 15) is 36.0 Å². The predicted molar refractivity (Wildman–Crippen MR) is 214 cm³/mol. The highest BCUT2D eigenvalue weighted by Gasteiger charge is 2.63. The second kappa shape index (κ2) is 15.7. The molecule has 0 spiro atoms. The topological polar surface area (TPSA) is 184 Å². The number of amides is 3. The van der Waals surface area contributed by atoms with Crippen LogP contribution in [0, 0.1) is 11.7 Å². The van der Waals surface area contributed by atoms with Crippen molar-refractivity contribution in [2.24, 2.45) is 5.92 Å². The average Bonchev–Trinajstić information content (AvgIpc) is 4.09. The molecule has 2 aromatic rings. The molecule has 4 aliphatic heterocycles. The number of aromatic nitrogens is 1. The van der Waals surface area contributed by atoms with Gasteiger partial charge in [0.05, 0.1) is 43.3 Å². The number of fused-ring (bicyclic) bond motifs is 7. The van der Waals surface area contributed by atoms with Crippen LogP contribution in [0.5, 0.6) is 17.5 Å². The summed E-state index contributed by atoms with van der Waals surface area (Å²) in [6.45, 7) is 5.12. The number of allylic oxidation sites excluding steroid dienone is 1. The van der Waals surface area contributed by atoms with E-state index in [4.69, 9.17) is 23.7 Å². The molecule has 62 heavy (non-hydrogen) atoms. The van der Waals surface area contributed by atoms with Crippen LogP contribution in [-0.4, -0.2) is 109 Å². The van der Waals surface area contributed by atoms with Crippen LogP contribution in [0.25, 0.3) is 10.8 Å². The van der Waals surface area contributed by atoms with Crippen molar-refractivity contribution in [3.05, 3.63) is 47.4 Å². The van der Waals surface area contributed by atoms with Gasteiger partial charge in [-0.2, -0.15) is 18.2 Å². The first-order chi connectivity index (χ1) is 29.2. The Hall–Kier alpha value is -4.85. The van der Waals surface area contributed by atoms with E-state index in [0.717, 1.165) is 19.4 Å². The third-order valence-corrected chi connectivity index (χ3v) is 15.1. The van der Waals surface area contributed by atoms with Gasteiger partial charge in [-0.1, -0.05) is 19.1 Å². The Balaban J connectivity index is 1.18. The molecule has 6 aliphatic rings. The number of hydrogen-bond acceptors (Lipinski definition) is 12. The SMILES string of the molecule is CC[C@@H]1O[C@@H]2C=C([C@H]1NC(=O)OC(C)(C)C(F)(F)F)N1C[C@H](Oc3nc4c(c5cc(OC)c(F)cc35)CCCO4)C[C@H]1C(=O)N[C@]1(C(=O)NS(=O)(=O)C3(C)CC3)C[C@H]1/C=C\CC2. The second-order valence-electron chi connectivity index (χ2n) is 17.7. The van der Waals surface area contributed by atoms with Crippen LogP contribution in [0.1, 0.15) is 84.6 Å². The van der Waals surface area contributed by atoms with Gasteiger partial charge in [0, 0.05) is 29.0 Å². The van der Waals surface area contributed by atoms with E-state index in [-0.39, 0.29) is 31.0 Å². The minimum absolute atomic E-state index is 0.00626. The highest BCUT2D eigenvalue weighted by atomic mass is 32.2. The fourth-order valence-corrected chi connectivity index (χ4v) is 10.0. The molecule has 5 heterocycles. The van der Waals surface area contributed by atoms with Crippen LogP contribution in [-0.2, 0) is 35.5 Å². The maximum atomic E-state index is 15.3. The van der Waals surface area contributed by atoms with Crippen LogP contribution < -0.4 is 29.6 Å². The van der Waals surface area contributed by atoms with Gasteiger partial charge >= 0.3 is 12.3 Å². The molecule has 2 saturated carbocycles. The Labute approximate surface area is 356 Å². The van der Waals surface area contributed by atoms with E-state index in [0.29, 0.717) is 73.9 Å². The first-order valence-electron chi connectivity index (χ1n) is 20.9. The van der Waals surface area contributed by atoms with E-state index in [2.05, 4.69) is 20.3 Å². The number of benzene rings is 1. The number of nitrogens with zero attached hydrogens (tertiary/aromatic N) is 2. The summed E-state index contributed by atoms with van der Waals surface area (Å²) in [4.78, 5) is 48.5. The standard InChI is InChI=1S/C42H51F4N5O10S/c1-6-31-33(47-38(54)61-39(2,3)42(44,45)46)29-16-23(59-31)11-8-7-10-22-20-41(22,37(53)50-62(55,56)40(4)13-14-40)49-34(52)30-17-24(21-51(29)30)60-36-27-18-28(43)32(57-5)19-26(27)25-12-9-15-58-35(25)48-36/h7,10,16,18-19,22-24,30-31,33H,6,8-9,11-15,17,20-21H2,1-5H3,(H,47,54)(H,49,52)(H,50,53)/b10-7-/t22-,23+,24-,30+,31+,33-,41-/m1/s1. The molecule has 1 aromatic carbocycles. The molecule has 338 valence electrons. The van der Waals surface area contributed by atoms with Crippen LogP contribution >= 0.6 is 0 Å². The third kappa shape index (κ3) is 8.00. The van der Waals surface area contributed by atoms with Crippen LogP contribution in [0.4, 0.5) is 22.4 Å². The summed E-state index contributed by atoms with van der Waals surface area (Å²) in [5, 5.41) is 6.41. The molecule has 3 fully saturated rings. The smallest absolute Gasteiger partial charge is 0.427 e. The van der Waals surface area contributed by atoms with Gasteiger partial charge in [0.25, 0.3) is 5.91 Å². The molecule has 2 aliphatic carbocycles. The van der Waals surface area contributed by atoms with E-state index in [1.54, 1.807) is 37.0 Å². The van der Waals surface area contributed by atoms with Gasteiger partial charge < -0.3 is 39.2 Å². The lowest BCUT2D eigenvalue weighted by Gasteiger charge is -2.42. The summed E-state index contributed by atoms with van der Waals surface area (Å²) in [6.07, 6.45) is 0.0958. The molecule has 3 N–H and O–H groups in total. The van der Waals surface area contributed by atoms with Crippen molar-refractivity contribution >= 4 is 38.7 Å². The number of alkyl halides is 3. The van der Waals surface area contributed by atoms with E-state index in [1.165, 1.54) is 13.2 Å². The zero-order valence-corrected chi connectivity index (χ0v) is 35.8. The summed E-state index contributed by atoms with van der Waals surface area (Å²) < 4.78 is 114. The van der Waals surface area contributed by atoms with Gasteiger partial charge in [-0.15, -0.1) is 0 Å². The number of carbonyl (C=O) groups excluding carboxylic acids is 3. The van der Waals surface area contributed by atoms with Crippen LogP contribution in [0.2, 0.25) is 0 Å². The average molecular weight is 894 g/mol. The number of hydrogen-bond donors (Lipinski definition) is 3. The fraction of sp³-hybridized carbons (Fsp3) is 0.619. The molecule has 15 nitrogen and oxygen atoms in total. The van der Waals surface area contributed by atoms with Gasteiger partial charge in [-0.25, -0.2) is 17.6 Å². The van der Waals surface area contributed by atoms with Crippen molar-refractivity contribution in [1.82, 2.24) is 25.2 Å². The molecule has 3 amide bonds. The van der Waals surface area contributed by atoms with Crippen molar-refractivity contribution in [3.63, 3.8) is 0 Å². The molecule has 0 radical (unpaired) electrons. The first-order valence-corrected chi connectivity index (χ1v) is 22.4. The number of pyridine rings is 1. The van der Waals surface area contributed by atoms with E-state index >= 15 is 4.39 Å². The summed E-state index contributed by atoms with van der Waals surface area (Å²) in [5.74, 6) is -2.43. The normalized spacial score (nSPS) is 29.7.